The van der Waals surface area contributed by atoms with Gasteiger partial charge >= 0.3 is 6.43 Å². The summed E-state index contributed by atoms with van der Waals surface area (Å²) in [6.45, 7) is 3.39. The molecule has 4 rings (SSSR count). The number of alkyl halides is 2. The minimum atomic E-state index is -2.88. The smallest absolute Gasteiger partial charge is 0.314 e. The van der Waals surface area contributed by atoms with E-state index in [0.717, 1.165) is 4.90 Å². The van der Waals surface area contributed by atoms with Gasteiger partial charge in [-0.15, -0.1) is 10.2 Å². The van der Waals surface area contributed by atoms with Gasteiger partial charge in [0.25, 0.3) is 17.7 Å². The number of halogens is 2. The predicted molar refractivity (Wildman–Crippen MR) is 94.6 cm³/mol. The Kier molecular flexibility index (Phi) is 4.40. The van der Waals surface area contributed by atoms with Crippen molar-refractivity contribution >= 4 is 11.8 Å². The molecule has 1 aliphatic heterocycles. The maximum absolute atomic E-state index is 12.9. The summed E-state index contributed by atoms with van der Waals surface area (Å²) in [4.78, 5) is 35.1. The van der Waals surface area contributed by atoms with Gasteiger partial charge in [-0.1, -0.05) is 18.2 Å². The van der Waals surface area contributed by atoms with E-state index >= 15 is 0 Å². The lowest BCUT2D eigenvalue weighted by Gasteiger charge is -2.37. The molecule has 0 saturated heterocycles. The van der Waals surface area contributed by atoms with E-state index in [4.69, 9.17) is 4.42 Å². The Morgan fingerprint density at radius 3 is 2.45 bits per heavy atom. The van der Waals surface area contributed by atoms with Gasteiger partial charge in [-0.25, -0.2) is 9.97 Å². The van der Waals surface area contributed by atoms with E-state index in [0.29, 0.717) is 11.1 Å². The molecule has 0 saturated carbocycles. The quantitative estimate of drug-likeness (QED) is 0.622. The molecule has 2 aromatic heterocycles. The van der Waals surface area contributed by atoms with Crippen LogP contribution in [0.2, 0.25) is 0 Å². The SMILES string of the molecule is CC1(C)C(=O)N(Cc2ncc(-c3nnc(C(F)F)o3)cn2)C(=O)c2ccccc21. The number of aromatic nitrogens is 4. The summed E-state index contributed by atoms with van der Waals surface area (Å²) in [5.41, 5.74) is 0.503. The number of hydrogen-bond acceptors (Lipinski definition) is 7. The van der Waals surface area contributed by atoms with Gasteiger partial charge in [0.15, 0.2) is 0 Å². The van der Waals surface area contributed by atoms with Crippen molar-refractivity contribution < 1.29 is 22.8 Å². The predicted octanol–water partition coefficient (Wildman–Crippen LogP) is 2.92. The van der Waals surface area contributed by atoms with E-state index in [-0.39, 0.29) is 29.7 Å². The number of carbonyl (C=O) groups is 2. The zero-order valence-corrected chi connectivity index (χ0v) is 15.5. The second-order valence-electron chi connectivity index (χ2n) is 7.00. The van der Waals surface area contributed by atoms with Crippen LogP contribution in [-0.2, 0) is 16.8 Å². The third-order valence-electron chi connectivity index (χ3n) is 4.73. The molecule has 1 aromatic carbocycles. The Morgan fingerprint density at radius 1 is 1.10 bits per heavy atom. The molecule has 0 atom stereocenters. The number of imide groups is 1. The molecule has 0 spiro atoms. The summed E-state index contributed by atoms with van der Waals surface area (Å²) in [5, 5.41) is 6.77. The number of benzene rings is 1. The van der Waals surface area contributed by atoms with E-state index < -0.39 is 23.6 Å². The first kappa shape index (κ1) is 18.8. The summed E-state index contributed by atoms with van der Waals surface area (Å²) in [6, 6.07) is 6.98. The molecule has 0 radical (unpaired) electrons. The van der Waals surface area contributed by atoms with Crippen molar-refractivity contribution in [3.8, 4) is 11.5 Å². The number of amides is 2. The average molecular weight is 399 g/mol. The van der Waals surface area contributed by atoms with E-state index in [9.17, 15) is 18.4 Å². The van der Waals surface area contributed by atoms with Crippen molar-refractivity contribution in [2.45, 2.75) is 32.2 Å². The zero-order chi connectivity index (χ0) is 20.8. The van der Waals surface area contributed by atoms with E-state index in [1.807, 2.05) is 0 Å². The summed E-state index contributed by atoms with van der Waals surface area (Å²) in [5.74, 6) is -1.51. The lowest BCUT2D eigenvalue weighted by atomic mass is 9.77. The molecular formula is C19H15F2N5O3. The Hall–Kier alpha value is -3.56. The average Bonchev–Trinajstić information content (AvgIpc) is 3.21. The highest BCUT2D eigenvalue weighted by Gasteiger charge is 2.44. The monoisotopic (exact) mass is 399 g/mol. The highest BCUT2D eigenvalue weighted by atomic mass is 19.3. The van der Waals surface area contributed by atoms with Gasteiger partial charge < -0.3 is 4.42 Å². The van der Waals surface area contributed by atoms with Gasteiger partial charge in [0.1, 0.15) is 5.82 Å². The molecule has 0 fully saturated rings. The fourth-order valence-corrected chi connectivity index (χ4v) is 3.18. The number of rotatable bonds is 4. The minimum absolute atomic E-state index is 0.123. The molecule has 1 aliphatic rings. The summed E-state index contributed by atoms with van der Waals surface area (Å²) in [6.07, 6.45) is -0.259. The standard InChI is InChI=1S/C19H15F2N5O3/c1-19(2)12-6-4-3-5-11(12)17(27)26(18(19)28)9-13-22-7-10(8-23-13)15-24-25-16(29-15)14(20)21/h3-8,14H,9H2,1-2H3. The second-order valence-corrected chi connectivity index (χ2v) is 7.00. The lowest BCUT2D eigenvalue weighted by Crippen LogP contribution is -2.51. The van der Waals surface area contributed by atoms with Crippen LogP contribution in [0.25, 0.3) is 11.5 Å². The number of nitrogens with zero attached hydrogens (tertiary/aromatic N) is 5. The van der Waals surface area contributed by atoms with Crippen molar-refractivity contribution in [1.82, 2.24) is 25.1 Å². The molecular weight excluding hydrogens is 384 g/mol. The highest BCUT2D eigenvalue weighted by molar-refractivity contribution is 6.12. The Morgan fingerprint density at radius 2 is 1.79 bits per heavy atom. The topological polar surface area (TPSA) is 102 Å². The first-order valence-corrected chi connectivity index (χ1v) is 8.67. The van der Waals surface area contributed by atoms with Gasteiger partial charge in [0.05, 0.1) is 17.5 Å². The molecule has 0 unspecified atom stereocenters. The summed E-state index contributed by atoms with van der Waals surface area (Å²) in [7, 11) is 0. The van der Waals surface area contributed by atoms with Gasteiger partial charge in [-0.2, -0.15) is 8.78 Å². The van der Waals surface area contributed by atoms with Crippen molar-refractivity contribution in [2.75, 3.05) is 0 Å². The van der Waals surface area contributed by atoms with Crippen molar-refractivity contribution in [2.24, 2.45) is 0 Å². The molecule has 0 aliphatic carbocycles. The van der Waals surface area contributed by atoms with E-state index in [2.05, 4.69) is 20.2 Å². The minimum Gasteiger partial charge on any atom is -0.415 e. The van der Waals surface area contributed by atoms with Crippen molar-refractivity contribution in [3.05, 3.63) is 59.5 Å². The third-order valence-corrected chi connectivity index (χ3v) is 4.73. The Bertz CT molecular complexity index is 1100. The Labute approximate surface area is 163 Å². The third kappa shape index (κ3) is 3.16. The zero-order valence-electron chi connectivity index (χ0n) is 15.5. The van der Waals surface area contributed by atoms with E-state index in [1.54, 1.807) is 38.1 Å². The van der Waals surface area contributed by atoms with Gasteiger partial charge in [-0.3, -0.25) is 14.5 Å². The van der Waals surface area contributed by atoms with Crippen LogP contribution >= 0.6 is 0 Å². The van der Waals surface area contributed by atoms with Crippen LogP contribution in [-0.4, -0.2) is 36.9 Å². The maximum Gasteiger partial charge on any atom is 0.314 e. The molecule has 3 aromatic rings. The van der Waals surface area contributed by atoms with Crippen molar-refractivity contribution in [3.63, 3.8) is 0 Å². The molecule has 0 bridgehead atoms. The first-order chi connectivity index (χ1) is 13.8. The van der Waals surface area contributed by atoms with Crippen LogP contribution in [0.5, 0.6) is 0 Å². The normalized spacial score (nSPS) is 15.7. The highest BCUT2D eigenvalue weighted by Crippen LogP contribution is 2.34. The number of carbonyl (C=O) groups excluding carboxylic acids is 2. The lowest BCUT2D eigenvalue weighted by molar-refractivity contribution is -0.134. The fourth-order valence-electron chi connectivity index (χ4n) is 3.18. The van der Waals surface area contributed by atoms with Gasteiger partial charge in [0, 0.05) is 18.0 Å². The van der Waals surface area contributed by atoms with Crippen LogP contribution in [0.4, 0.5) is 8.78 Å². The Balaban J connectivity index is 1.59. The summed E-state index contributed by atoms with van der Waals surface area (Å²) >= 11 is 0. The number of hydrogen-bond donors (Lipinski definition) is 0. The van der Waals surface area contributed by atoms with Crippen LogP contribution in [0.1, 0.15) is 47.9 Å². The fraction of sp³-hybridized carbons (Fsp3) is 0.263. The van der Waals surface area contributed by atoms with Crippen LogP contribution < -0.4 is 0 Å². The largest absolute Gasteiger partial charge is 0.415 e. The van der Waals surface area contributed by atoms with Crippen LogP contribution in [0, 0.1) is 0 Å². The number of fused-ring (bicyclic) bond motifs is 1. The molecule has 2 amide bonds. The molecule has 3 heterocycles. The summed E-state index contributed by atoms with van der Waals surface area (Å²) < 4.78 is 30.0. The first-order valence-electron chi connectivity index (χ1n) is 8.67. The van der Waals surface area contributed by atoms with Crippen LogP contribution in [0.15, 0.2) is 41.1 Å². The second kappa shape index (κ2) is 6.80. The molecule has 10 heteroatoms. The van der Waals surface area contributed by atoms with Gasteiger partial charge in [-0.05, 0) is 25.5 Å². The molecule has 148 valence electrons. The van der Waals surface area contributed by atoms with Crippen LogP contribution in [0.3, 0.4) is 0 Å². The van der Waals surface area contributed by atoms with Crippen molar-refractivity contribution in [1.29, 1.82) is 0 Å². The molecule has 29 heavy (non-hydrogen) atoms. The molecule has 0 N–H and O–H groups in total. The maximum atomic E-state index is 12.9. The molecule has 8 nitrogen and oxygen atoms in total. The van der Waals surface area contributed by atoms with E-state index in [1.165, 1.54) is 12.4 Å². The van der Waals surface area contributed by atoms with Gasteiger partial charge in [0.2, 0.25) is 5.91 Å².